The fraction of sp³-hybridized carbons (Fsp3) is 0.200. The number of benzene rings is 2. The normalized spacial score (nSPS) is 11.1. The van der Waals surface area contributed by atoms with Crippen LogP contribution in [0.4, 0.5) is 22.0 Å². The summed E-state index contributed by atoms with van der Waals surface area (Å²) in [5.74, 6) is -0.0293. The molecule has 4 N–H and O–H groups in total. The lowest BCUT2D eigenvalue weighted by Crippen LogP contribution is -2.19. The van der Waals surface area contributed by atoms with Gasteiger partial charge < -0.3 is 21.3 Å². The molecule has 0 radical (unpaired) electrons. The number of nitrogens with zero attached hydrogens (tertiary/aromatic N) is 4. The maximum absolute atomic E-state index is 13.5. The molecule has 4 rings (SSSR count). The summed E-state index contributed by atoms with van der Waals surface area (Å²) < 4.78 is 1.68. The Balaban J connectivity index is 1.57. The van der Waals surface area contributed by atoms with Gasteiger partial charge in [-0.15, -0.1) is 0 Å². The number of anilines is 3. The van der Waals surface area contributed by atoms with E-state index in [9.17, 15) is 9.59 Å². The van der Waals surface area contributed by atoms with Crippen LogP contribution in [0.5, 0.6) is 0 Å². The van der Waals surface area contributed by atoms with Crippen LogP contribution in [0.3, 0.4) is 0 Å². The van der Waals surface area contributed by atoms with E-state index in [2.05, 4.69) is 25.6 Å². The molecule has 2 amide bonds. The molecule has 2 aromatic heterocycles. The molecule has 2 heterocycles. The largest absolute Gasteiger partial charge is 0.382 e. The van der Waals surface area contributed by atoms with Gasteiger partial charge in [0.2, 0.25) is 0 Å². The number of rotatable bonds is 8. The van der Waals surface area contributed by atoms with E-state index in [1.165, 1.54) is 12.4 Å². The zero-order chi connectivity index (χ0) is 25.8. The van der Waals surface area contributed by atoms with E-state index >= 15 is 0 Å². The van der Waals surface area contributed by atoms with Gasteiger partial charge in [0, 0.05) is 22.0 Å². The van der Waals surface area contributed by atoms with Crippen molar-refractivity contribution in [3.05, 3.63) is 81.7 Å². The van der Waals surface area contributed by atoms with Crippen molar-refractivity contribution in [1.29, 1.82) is 0 Å². The van der Waals surface area contributed by atoms with Gasteiger partial charge in [-0.1, -0.05) is 35.3 Å². The molecule has 0 fully saturated rings. The quantitative estimate of drug-likeness (QED) is 0.279. The fourth-order valence-corrected chi connectivity index (χ4v) is 4.29. The highest BCUT2D eigenvalue weighted by atomic mass is 35.5. The van der Waals surface area contributed by atoms with Crippen molar-refractivity contribution in [1.82, 2.24) is 19.5 Å². The minimum atomic E-state index is -0.515. The second-order valence-electron chi connectivity index (χ2n) is 8.48. The van der Waals surface area contributed by atoms with Crippen LogP contribution in [0.25, 0.3) is 5.52 Å². The van der Waals surface area contributed by atoms with E-state index in [1.807, 2.05) is 20.2 Å². The summed E-state index contributed by atoms with van der Waals surface area (Å²) in [5, 5.41) is 10.5. The minimum Gasteiger partial charge on any atom is -0.382 e. The molecule has 4 aromatic rings. The van der Waals surface area contributed by atoms with Gasteiger partial charge in [0.25, 0.3) is 0 Å². The number of hydrogen-bond acceptors (Lipinski definition) is 6. The molecule has 0 aliphatic heterocycles. The highest BCUT2D eigenvalue weighted by Gasteiger charge is 2.21. The lowest BCUT2D eigenvalue weighted by Gasteiger charge is -2.10. The fourth-order valence-electron chi connectivity index (χ4n) is 3.83. The SMILES string of the molecule is CN(C)CCCc1cc(C(=O)c2cccc(NC(=O)Nc3ccc(Cl)cc3Cl)c2)c2c(N)ncnn12. The number of carbonyl (C=O) groups is 2. The summed E-state index contributed by atoms with van der Waals surface area (Å²) in [5.41, 5.74) is 9.10. The molecule has 0 aliphatic rings. The van der Waals surface area contributed by atoms with Gasteiger partial charge in [0.05, 0.1) is 16.3 Å². The Morgan fingerprint density at radius 1 is 1.08 bits per heavy atom. The lowest BCUT2D eigenvalue weighted by atomic mass is 10.0. The minimum absolute atomic E-state index is 0.223. The zero-order valence-corrected chi connectivity index (χ0v) is 21.3. The Kier molecular flexibility index (Phi) is 7.73. The summed E-state index contributed by atoms with van der Waals surface area (Å²) in [6, 6.07) is 12.7. The van der Waals surface area contributed by atoms with E-state index in [0.29, 0.717) is 38.1 Å². The number of fused-ring (bicyclic) bond motifs is 1. The molecule has 0 atom stereocenters. The lowest BCUT2D eigenvalue weighted by molar-refractivity contribution is 0.104. The first kappa shape index (κ1) is 25.4. The van der Waals surface area contributed by atoms with Crippen LogP contribution in [0.2, 0.25) is 10.0 Å². The van der Waals surface area contributed by atoms with E-state index in [1.54, 1.807) is 40.9 Å². The molecule has 9 nitrogen and oxygen atoms in total. The van der Waals surface area contributed by atoms with Crippen molar-refractivity contribution in [2.75, 3.05) is 37.0 Å². The van der Waals surface area contributed by atoms with Gasteiger partial charge in [0.15, 0.2) is 11.6 Å². The molecule has 0 aliphatic carbocycles. The van der Waals surface area contributed by atoms with Gasteiger partial charge in [-0.3, -0.25) is 4.79 Å². The Morgan fingerprint density at radius 2 is 1.89 bits per heavy atom. The standard InChI is InChI=1S/C25H25Cl2N7O2/c1-33(2)10-4-7-18-13-19(22-24(28)29-14-30-34(18)22)23(35)15-5-3-6-17(11-15)31-25(36)32-21-9-8-16(26)12-20(21)27/h3,5-6,8-9,11-14H,4,7,10H2,1-2H3,(H2,28,29,30)(H2,31,32,36). The van der Waals surface area contributed by atoms with Crippen LogP contribution in [-0.2, 0) is 6.42 Å². The molecule has 0 unspecified atom stereocenters. The number of ketones is 1. The second-order valence-corrected chi connectivity index (χ2v) is 9.32. The van der Waals surface area contributed by atoms with Gasteiger partial charge >= 0.3 is 6.03 Å². The van der Waals surface area contributed by atoms with Crippen LogP contribution >= 0.6 is 23.2 Å². The average molecular weight is 526 g/mol. The van der Waals surface area contributed by atoms with E-state index in [-0.39, 0.29) is 11.6 Å². The topological polar surface area (TPSA) is 118 Å². The number of aryl methyl sites for hydroxylation is 1. The number of halogens is 2. The van der Waals surface area contributed by atoms with Gasteiger partial charge in [-0.05, 0) is 69.9 Å². The predicted molar refractivity (Wildman–Crippen MR) is 143 cm³/mol. The highest BCUT2D eigenvalue weighted by molar-refractivity contribution is 6.36. The molecule has 36 heavy (non-hydrogen) atoms. The first-order valence-corrected chi connectivity index (χ1v) is 11.9. The third kappa shape index (κ3) is 5.76. The summed E-state index contributed by atoms with van der Waals surface area (Å²) >= 11 is 12.0. The molecule has 0 saturated heterocycles. The van der Waals surface area contributed by atoms with Gasteiger partial charge in [0.1, 0.15) is 11.8 Å². The van der Waals surface area contributed by atoms with Crippen LogP contribution in [0, 0.1) is 0 Å². The average Bonchev–Trinajstić information content (AvgIpc) is 3.20. The summed E-state index contributed by atoms with van der Waals surface area (Å²) in [7, 11) is 4.02. The number of nitrogens with two attached hydrogens (primary N) is 1. The molecular formula is C25H25Cl2N7O2. The third-order valence-electron chi connectivity index (χ3n) is 5.50. The van der Waals surface area contributed by atoms with Gasteiger partial charge in [-0.2, -0.15) is 5.10 Å². The monoisotopic (exact) mass is 525 g/mol. The van der Waals surface area contributed by atoms with E-state index < -0.39 is 6.03 Å². The maximum atomic E-state index is 13.5. The number of nitrogen functional groups attached to an aromatic ring is 1. The van der Waals surface area contributed by atoms with Crippen LogP contribution in [0.15, 0.2) is 54.9 Å². The van der Waals surface area contributed by atoms with E-state index in [4.69, 9.17) is 28.9 Å². The van der Waals surface area contributed by atoms with Gasteiger partial charge in [-0.25, -0.2) is 14.3 Å². The molecule has 0 spiro atoms. The first-order valence-electron chi connectivity index (χ1n) is 11.2. The molecule has 0 saturated carbocycles. The van der Waals surface area contributed by atoms with E-state index in [0.717, 1.165) is 25.1 Å². The zero-order valence-electron chi connectivity index (χ0n) is 19.8. The molecule has 186 valence electrons. The number of aromatic nitrogens is 3. The number of hydrogen-bond donors (Lipinski definition) is 3. The Morgan fingerprint density at radius 3 is 2.64 bits per heavy atom. The smallest absolute Gasteiger partial charge is 0.323 e. The summed E-state index contributed by atoms with van der Waals surface area (Å²) in [6.07, 6.45) is 2.99. The Bertz CT molecular complexity index is 1440. The number of carbonyl (C=O) groups excluding carboxylic acids is 2. The number of urea groups is 1. The van der Waals surface area contributed by atoms with Crippen molar-refractivity contribution in [3.8, 4) is 0 Å². The Hall–Kier alpha value is -3.66. The molecule has 11 heteroatoms. The summed E-state index contributed by atoms with van der Waals surface area (Å²) in [6.45, 7) is 0.897. The van der Waals surface area contributed by atoms with Crippen molar-refractivity contribution in [2.45, 2.75) is 12.8 Å². The predicted octanol–water partition coefficient (Wildman–Crippen LogP) is 4.99. The van der Waals surface area contributed by atoms with Crippen molar-refractivity contribution in [3.63, 3.8) is 0 Å². The Labute approximate surface area is 218 Å². The van der Waals surface area contributed by atoms with Crippen LogP contribution < -0.4 is 16.4 Å². The number of amides is 2. The number of nitrogens with one attached hydrogen (secondary N) is 2. The maximum Gasteiger partial charge on any atom is 0.323 e. The first-order chi connectivity index (χ1) is 17.2. The van der Waals surface area contributed by atoms with Crippen molar-refractivity contribution < 1.29 is 9.59 Å². The van der Waals surface area contributed by atoms with Crippen molar-refractivity contribution in [2.24, 2.45) is 0 Å². The van der Waals surface area contributed by atoms with Crippen LogP contribution in [0.1, 0.15) is 28.0 Å². The van der Waals surface area contributed by atoms with Crippen LogP contribution in [-0.4, -0.2) is 52.0 Å². The highest BCUT2D eigenvalue weighted by Crippen LogP contribution is 2.27. The molecule has 0 bridgehead atoms. The second kappa shape index (κ2) is 10.9. The van der Waals surface area contributed by atoms with Crippen molar-refractivity contribution >= 4 is 57.7 Å². The molecular weight excluding hydrogens is 501 g/mol. The summed E-state index contributed by atoms with van der Waals surface area (Å²) in [4.78, 5) is 32.2. The third-order valence-corrected chi connectivity index (χ3v) is 6.05. The molecule has 2 aromatic carbocycles.